The summed E-state index contributed by atoms with van der Waals surface area (Å²) in [6.45, 7) is 4.36. The minimum absolute atomic E-state index is 0.872. The van der Waals surface area contributed by atoms with Crippen LogP contribution < -0.4 is 4.48 Å². The Hall–Kier alpha value is -1.60. The van der Waals surface area contributed by atoms with Crippen LogP contribution in [0.3, 0.4) is 0 Å². The number of rotatable bonds is 4. The van der Waals surface area contributed by atoms with Gasteiger partial charge in [-0.05, 0) is 61.1 Å². The van der Waals surface area contributed by atoms with Gasteiger partial charge in [0.2, 0.25) is 0 Å². The fourth-order valence-electron chi connectivity index (χ4n) is 2.36. The van der Waals surface area contributed by atoms with E-state index in [9.17, 15) is 0 Å². The van der Waals surface area contributed by atoms with E-state index in [1.807, 2.05) is 0 Å². The largest absolute Gasteiger partial charge is 0.298 e. The highest BCUT2D eigenvalue weighted by molar-refractivity contribution is 5.43. The number of nitrogens with zero attached hydrogens (tertiary/aromatic N) is 1. The molecule has 2 aromatic rings. The van der Waals surface area contributed by atoms with Crippen molar-refractivity contribution in [1.82, 2.24) is 4.48 Å². The number of quaternary nitrogens is 1. The summed E-state index contributed by atoms with van der Waals surface area (Å²) in [6.07, 6.45) is 2.23. The zero-order valence-electron chi connectivity index (χ0n) is 13.4. The molecule has 0 unspecified atom stereocenters. The normalized spacial score (nSPS) is 11.7. The molecule has 0 radical (unpaired) electrons. The van der Waals surface area contributed by atoms with E-state index in [1.54, 1.807) is 0 Å². The molecule has 0 aliphatic heterocycles. The van der Waals surface area contributed by atoms with Crippen LogP contribution in [0, 0.1) is 13.8 Å². The van der Waals surface area contributed by atoms with Crippen molar-refractivity contribution in [3.05, 3.63) is 64.7 Å². The number of hydrogen-bond donors (Lipinski definition) is 0. The van der Waals surface area contributed by atoms with Gasteiger partial charge in [0.25, 0.3) is 0 Å². The predicted molar refractivity (Wildman–Crippen MR) is 89.3 cm³/mol. The summed E-state index contributed by atoms with van der Waals surface area (Å²) >= 11 is 0. The molecule has 0 saturated heterocycles. The highest BCUT2D eigenvalue weighted by Gasteiger charge is 2.10. The lowest BCUT2D eigenvalue weighted by molar-refractivity contribution is 0.486. The molecule has 0 aromatic heterocycles. The molecule has 106 valence electrons. The molecule has 2 aromatic carbocycles. The molecule has 20 heavy (non-hydrogen) atoms. The highest BCUT2D eigenvalue weighted by Crippen LogP contribution is 2.18. The van der Waals surface area contributed by atoms with Crippen molar-refractivity contribution in [1.29, 1.82) is 0 Å². The second-order valence-corrected chi connectivity index (χ2v) is 6.60. The molecule has 1 nitrogen and oxygen atoms in total. The smallest absolute Gasteiger partial charge is 0.132 e. The molecule has 0 fully saturated rings. The molecule has 0 aliphatic rings. The SMILES string of the molecule is Cc1ccc(CCc2ccc([N+](C)(C)C)cc2)cc1C. The van der Waals surface area contributed by atoms with Crippen LogP contribution in [0.4, 0.5) is 5.69 Å². The van der Waals surface area contributed by atoms with Crippen LogP contribution in [-0.2, 0) is 12.8 Å². The van der Waals surface area contributed by atoms with Gasteiger partial charge in [0.15, 0.2) is 0 Å². The second-order valence-electron chi connectivity index (χ2n) is 6.60. The lowest BCUT2D eigenvalue weighted by Crippen LogP contribution is -2.34. The standard InChI is InChI=1S/C19H26N/c1-15-6-7-18(14-16(15)2)9-8-17-10-12-19(13-11-17)20(3,4)5/h6-7,10-14H,8-9H2,1-5H3/q+1. The highest BCUT2D eigenvalue weighted by atomic mass is 15.3. The van der Waals surface area contributed by atoms with Crippen molar-refractivity contribution in [2.45, 2.75) is 26.7 Å². The molecule has 0 N–H and O–H groups in total. The Morgan fingerprint density at radius 1 is 0.700 bits per heavy atom. The van der Waals surface area contributed by atoms with Gasteiger partial charge in [-0.3, -0.25) is 4.48 Å². The van der Waals surface area contributed by atoms with Crippen LogP contribution in [0.5, 0.6) is 0 Å². The van der Waals surface area contributed by atoms with Crippen LogP contribution in [0.15, 0.2) is 42.5 Å². The van der Waals surface area contributed by atoms with Crippen LogP contribution in [0.1, 0.15) is 22.3 Å². The summed E-state index contributed by atoms with van der Waals surface area (Å²) in [5, 5.41) is 0. The monoisotopic (exact) mass is 268 g/mol. The van der Waals surface area contributed by atoms with E-state index in [-0.39, 0.29) is 0 Å². The van der Waals surface area contributed by atoms with E-state index >= 15 is 0 Å². The Morgan fingerprint density at radius 2 is 1.25 bits per heavy atom. The Labute approximate surface area is 123 Å². The van der Waals surface area contributed by atoms with E-state index in [4.69, 9.17) is 0 Å². The van der Waals surface area contributed by atoms with Crippen molar-refractivity contribution in [2.75, 3.05) is 21.1 Å². The van der Waals surface area contributed by atoms with Gasteiger partial charge in [0.05, 0.1) is 21.1 Å². The first kappa shape index (κ1) is 14.8. The third-order valence-electron chi connectivity index (χ3n) is 3.98. The lowest BCUT2D eigenvalue weighted by Gasteiger charge is -2.23. The molecular formula is C19H26N+. The fraction of sp³-hybridized carbons (Fsp3) is 0.368. The van der Waals surface area contributed by atoms with Gasteiger partial charge in [-0.15, -0.1) is 0 Å². The summed E-state index contributed by atoms with van der Waals surface area (Å²) in [4.78, 5) is 0. The number of aryl methyl sites for hydroxylation is 4. The molecule has 0 heterocycles. The Morgan fingerprint density at radius 3 is 1.80 bits per heavy atom. The quantitative estimate of drug-likeness (QED) is 0.726. The Kier molecular flexibility index (Phi) is 4.29. The van der Waals surface area contributed by atoms with Crippen molar-refractivity contribution in [3.63, 3.8) is 0 Å². The van der Waals surface area contributed by atoms with Crippen molar-refractivity contribution in [3.8, 4) is 0 Å². The summed E-state index contributed by atoms with van der Waals surface area (Å²) in [5.74, 6) is 0. The van der Waals surface area contributed by atoms with Gasteiger partial charge in [-0.2, -0.15) is 0 Å². The molecule has 2 rings (SSSR count). The van der Waals surface area contributed by atoms with Gasteiger partial charge in [-0.25, -0.2) is 0 Å². The fourth-order valence-corrected chi connectivity index (χ4v) is 2.36. The van der Waals surface area contributed by atoms with Crippen LogP contribution >= 0.6 is 0 Å². The summed E-state index contributed by atoms with van der Waals surface area (Å²) in [7, 11) is 6.60. The van der Waals surface area contributed by atoms with Gasteiger partial charge >= 0.3 is 0 Å². The third-order valence-corrected chi connectivity index (χ3v) is 3.98. The topological polar surface area (TPSA) is 0 Å². The molecule has 0 atom stereocenters. The molecule has 0 spiro atoms. The number of hydrogen-bond acceptors (Lipinski definition) is 0. The maximum atomic E-state index is 2.32. The minimum Gasteiger partial charge on any atom is -0.298 e. The molecule has 0 amide bonds. The van der Waals surface area contributed by atoms with Crippen LogP contribution in [0.2, 0.25) is 0 Å². The Balaban J connectivity index is 2.02. The van der Waals surface area contributed by atoms with E-state index in [0.717, 1.165) is 17.3 Å². The van der Waals surface area contributed by atoms with E-state index in [1.165, 1.54) is 27.9 Å². The van der Waals surface area contributed by atoms with Crippen LogP contribution in [-0.4, -0.2) is 21.1 Å². The molecule has 0 bridgehead atoms. The second kappa shape index (κ2) is 5.80. The van der Waals surface area contributed by atoms with E-state index < -0.39 is 0 Å². The molecule has 1 heteroatoms. The molecule has 0 saturated carbocycles. The van der Waals surface area contributed by atoms with Crippen molar-refractivity contribution in [2.24, 2.45) is 0 Å². The van der Waals surface area contributed by atoms with E-state index in [0.29, 0.717) is 0 Å². The van der Waals surface area contributed by atoms with Gasteiger partial charge in [-0.1, -0.05) is 30.3 Å². The molecular weight excluding hydrogens is 242 g/mol. The van der Waals surface area contributed by atoms with Crippen molar-refractivity contribution >= 4 is 5.69 Å². The van der Waals surface area contributed by atoms with Gasteiger partial charge in [0.1, 0.15) is 5.69 Å². The Bertz CT molecular complexity index is 574. The first-order valence-corrected chi connectivity index (χ1v) is 7.33. The van der Waals surface area contributed by atoms with Crippen LogP contribution in [0.25, 0.3) is 0 Å². The molecule has 0 aliphatic carbocycles. The number of benzene rings is 2. The zero-order valence-corrected chi connectivity index (χ0v) is 13.4. The summed E-state index contributed by atoms with van der Waals surface area (Å²) < 4.78 is 0.872. The third kappa shape index (κ3) is 3.71. The van der Waals surface area contributed by atoms with Crippen molar-refractivity contribution < 1.29 is 0 Å². The lowest BCUT2D eigenvalue weighted by atomic mass is 10.0. The van der Waals surface area contributed by atoms with Gasteiger partial charge in [0, 0.05) is 0 Å². The first-order valence-electron chi connectivity index (χ1n) is 7.33. The minimum atomic E-state index is 0.872. The summed E-state index contributed by atoms with van der Waals surface area (Å²) in [5.41, 5.74) is 6.97. The van der Waals surface area contributed by atoms with Gasteiger partial charge < -0.3 is 0 Å². The average Bonchev–Trinajstić information content (AvgIpc) is 2.40. The average molecular weight is 268 g/mol. The predicted octanol–water partition coefficient (Wildman–Crippen LogP) is 4.29. The van der Waals surface area contributed by atoms with E-state index in [2.05, 4.69) is 77.5 Å². The zero-order chi connectivity index (χ0) is 14.8. The first-order chi connectivity index (χ1) is 9.36. The maximum Gasteiger partial charge on any atom is 0.132 e. The summed E-state index contributed by atoms with van der Waals surface area (Å²) in [6, 6.07) is 15.8. The maximum absolute atomic E-state index is 2.32.